The summed E-state index contributed by atoms with van der Waals surface area (Å²) in [4.78, 5) is 27.0. The lowest BCUT2D eigenvalue weighted by atomic mass is 10.0. The second-order valence-electron chi connectivity index (χ2n) is 6.73. The number of methoxy groups -OCH3 is 1. The number of rotatable bonds is 7. The van der Waals surface area contributed by atoms with Crippen LogP contribution < -0.4 is 4.74 Å². The van der Waals surface area contributed by atoms with Crippen LogP contribution in [0.2, 0.25) is 0 Å². The van der Waals surface area contributed by atoms with E-state index in [9.17, 15) is 9.59 Å². The van der Waals surface area contributed by atoms with Gasteiger partial charge in [-0.15, -0.1) is 0 Å². The average molecular weight is 383 g/mol. The Balaban J connectivity index is 1.88. The number of ether oxygens (including phenoxy) is 3. The first-order valence-corrected chi connectivity index (χ1v) is 9.33. The normalized spacial score (nSPS) is 20.8. The van der Waals surface area contributed by atoms with E-state index in [4.69, 9.17) is 14.2 Å². The van der Waals surface area contributed by atoms with Gasteiger partial charge in [-0.05, 0) is 43.5 Å². The number of nitrogens with zero attached hydrogens (tertiary/aromatic N) is 1. The maximum Gasteiger partial charge on any atom is 0.340 e. The second-order valence-corrected chi connectivity index (χ2v) is 6.73. The molecule has 0 N–H and O–H groups in total. The largest absolute Gasteiger partial charge is 0.490 e. The van der Waals surface area contributed by atoms with Crippen molar-refractivity contribution in [2.45, 2.75) is 25.9 Å². The van der Waals surface area contributed by atoms with Crippen LogP contribution in [0, 0.1) is 0 Å². The van der Waals surface area contributed by atoms with Crippen LogP contribution in [0.4, 0.5) is 0 Å². The molecule has 2 aliphatic rings. The van der Waals surface area contributed by atoms with Crippen LogP contribution in [-0.4, -0.2) is 49.7 Å². The van der Waals surface area contributed by atoms with E-state index in [0.717, 1.165) is 18.4 Å². The van der Waals surface area contributed by atoms with Gasteiger partial charge in [-0.25, -0.2) is 4.79 Å². The minimum Gasteiger partial charge on any atom is -0.490 e. The van der Waals surface area contributed by atoms with Gasteiger partial charge in [-0.1, -0.05) is 24.8 Å². The first-order chi connectivity index (χ1) is 13.5. The molecule has 0 bridgehead atoms. The standard InChI is InChI=1S/C22H25NO5/c1-4-11-27-17-9-7-16(8-10-17)13-19-20(22(25)26-3)15(2)23(21(19)24)14-18-6-5-12-28-18/h4,7-10,13,18H,1,5-6,11-12,14H2,2-3H3/b19-13-/t18-/m0/s1. The van der Waals surface area contributed by atoms with E-state index in [1.165, 1.54) is 7.11 Å². The number of hydrogen-bond donors (Lipinski definition) is 0. The molecule has 2 aliphatic heterocycles. The van der Waals surface area contributed by atoms with Crippen molar-refractivity contribution < 1.29 is 23.8 Å². The van der Waals surface area contributed by atoms with Gasteiger partial charge in [-0.2, -0.15) is 0 Å². The maximum atomic E-state index is 13.1. The summed E-state index contributed by atoms with van der Waals surface area (Å²) in [5.74, 6) is -0.0158. The maximum absolute atomic E-state index is 13.1. The third-order valence-electron chi connectivity index (χ3n) is 4.87. The molecule has 0 radical (unpaired) electrons. The quantitative estimate of drug-likeness (QED) is 0.411. The molecule has 1 amide bonds. The molecule has 0 aliphatic carbocycles. The van der Waals surface area contributed by atoms with E-state index in [1.54, 1.807) is 24.0 Å². The molecule has 6 nitrogen and oxygen atoms in total. The van der Waals surface area contributed by atoms with Gasteiger partial charge in [0.15, 0.2) is 0 Å². The Morgan fingerprint density at radius 2 is 2.11 bits per heavy atom. The molecule has 28 heavy (non-hydrogen) atoms. The second kappa shape index (κ2) is 8.89. The summed E-state index contributed by atoms with van der Waals surface area (Å²) in [6.07, 6.45) is 5.29. The highest BCUT2D eigenvalue weighted by Crippen LogP contribution is 2.33. The Morgan fingerprint density at radius 1 is 1.36 bits per heavy atom. The molecule has 3 rings (SSSR count). The van der Waals surface area contributed by atoms with E-state index in [-0.39, 0.29) is 12.0 Å². The summed E-state index contributed by atoms with van der Waals surface area (Å²) < 4.78 is 16.1. The van der Waals surface area contributed by atoms with Gasteiger partial charge < -0.3 is 19.1 Å². The lowest BCUT2D eigenvalue weighted by Crippen LogP contribution is -2.33. The monoisotopic (exact) mass is 383 g/mol. The number of amides is 1. The molecule has 0 aromatic heterocycles. The molecule has 0 spiro atoms. The Bertz CT molecular complexity index is 816. The summed E-state index contributed by atoms with van der Waals surface area (Å²) in [5, 5.41) is 0. The van der Waals surface area contributed by atoms with Crippen molar-refractivity contribution >= 4 is 18.0 Å². The van der Waals surface area contributed by atoms with Crippen molar-refractivity contribution in [3.05, 3.63) is 59.3 Å². The highest BCUT2D eigenvalue weighted by atomic mass is 16.5. The average Bonchev–Trinajstić information content (AvgIpc) is 3.30. The number of hydrogen-bond acceptors (Lipinski definition) is 5. The first kappa shape index (κ1) is 19.9. The number of esters is 1. The fourth-order valence-corrected chi connectivity index (χ4v) is 3.42. The lowest BCUT2D eigenvalue weighted by Gasteiger charge is -2.21. The van der Waals surface area contributed by atoms with Gasteiger partial charge in [0.2, 0.25) is 0 Å². The summed E-state index contributed by atoms with van der Waals surface area (Å²) in [6.45, 7) is 6.96. The third-order valence-corrected chi connectivity index (χ3v) is 4.87. The number of carbonyl (C=O) groups excluding carboxylic acids is 2. The molecule has 0 saturated carbocycles. The van der Waals surface area contributed by atoms with Gasteiger partial charge in [0.1, 0.15) is 12.4 Å². The Labute approximate surface area is 165 Å². The van der Waals surface area contributed by atoms with Crippen LogP contribution in [0.3, 0.4) is 0 Å². The number of allylic oxidation sites excluding steroid dienone is 1. The zero-order valence-electron chi connectivity index (χ0n) is 16.3. The first-order valence-electron chi connectivity index (χ1n) is 9.33. The Kier molecular flexibility index (Phi) is 6.31. The highest BCUT2D eigenvalue weighted by Gasteiger charge is 2.38. The molecule has 2 heterocycles. The van der Waals surface area contributed by atoms with Crippen molar-refractivity contribution in [2.24, 2.45) is 0 Å². The van der Waals surface area contributed by atoms with Crippen LogP contribution in [0.5, 0.6) is 5.75 Å². The van der Waals surface area contributed by atoms with Crippen LogP contribution in [0.1, 0.15) is 25.3 Å². The van der Waals surface area contributed by atoms with E-state index >= 15 is 0 Å². The molecule has 148 valence electrons. The van der Waals surface area contributed by atoms with E-state index in [2.05, 4.69) is 6.58 Å². The molecule has 1 atom stereocenters. The van der Waals surface area contributed by atoms with Gasteiger partial charge in [0.05, 0.1) is 30.9 Å². The zero-order chi connectivity index (χ0) is 20.1. The minimum absolute atomic E-state index is 0.00145. The number of carbonyl (C=O) groups is 2. The predicted octanol–water partition coefficient (Wildman–Crippen LogP) is 3.10. The minimum atomic E-state index is -0.516. The van der Waals surface area contributed by atoms with Crippen LogP contribution >= 0.6 is 0 Å². The van der Waals surface area contributed by atoms with Crippen molar-refractivity contribution in [3.8, 4) is 5.75 Å². The Morgan fingerprint density at radius 3 is 2.71 bits per heavy atom. The molecular weight excluding hydrogens is 358 g/mol. The van der Waals surface area contributed by atoms with Crippen molar-refractivity contribution in [3.63, 3.8) is 0 Å². The van der Waals surface area contributed by atoms with Gasteiger partial charge >= 0.3 is 5.97 Å². The molecule has 1 fully saturated rings. The molecule has 0 unspecified atom stereocenters. The fraction of sp³-hybridized carbons (Fsp3) is 0.364. The van der Waals surface area contributed by atoms with E-state index in [0.29, 0.717) is 42.4 Å². The zero-order valence-corrected chi connectivity index (χ0v) is 16.3. The summed E-state index contributed by atoms with van der Waals surface area (Å²) in [7, 11) is 1.32. The van der Waals surface area contributed by atoms with E-state index < -0.39 is 5.97 Å². The summed E-state index contributed by atoms with van der Waals surface area (Å²) in [6, 6.07) is 7.30. The molecule has 6 heteroatoms. The fourth-order valence-electron chi connectivity index (χ4n) is 3.42. The summed E-state index contributed by atoms with van der Waals surface area (Å²) >= 11 is 0. The molecule has 1 aromatic rings. The lowest BCUT2D eigenvalue weighted by molar-refractivity contribution is -0.136. The SMILES string of the molecule is C=CCOc1ccc(/C=C2\C(=O)N(C[C@@H]3CCCO3)C(C)=C2C(=O)OC)cc1. The van der Waals surface area contributed by atoms with E-state index in [1.807, 2.05) is 24.3 Å². The Hall–Kier alpha value is -2.86. The van der Waals surface area contributed by atoms with Crippen molar-refractivity contribution in [1.82, 2.24) is 4.90 Å². The van der Waals surface area contributed by atoms with Crippen molar-refractivity contribution in [1.29, 1.82) is 0 Å². The molecule has 1 aromatic carbocycles. The topological polar surface area (TPSA) is 65.1 Å². The van der Waals surface area contributed by atoms with Gasteiger partial charge in [-0.3, -0.25) is 4.79 Å². The highest BCUT2D eigenvalue weighted by molar-refractivity contribution is 6.16. The smallest absolute Gasteiger partial charge is 0.340 e. The molecule has 1 saturated heterocycles. The molecular formula is C22H25NO5. The van der Waals surface area contributed by atoms with Crippen molar-refractivity contribution in [2.75, 3.05) is 26.9 Å². The van der Waals surface area contributed by atoms with Crippen LogP contribution in [0.25, 0.3) is 6.08 Å². The van der Waals surface area contributed by atoms with Gasteiger partial charge in [0.25, 0.3) is 5.91 Å². The van der Waals surface area contributed by atoms with Crippen LogP contribution in [0.15, 0.2) is 53.8 Å². The van der Waals surface area contributed by atoms with Gasteiger partial charge in [0, 0.05) is 12.3 Å². The number of benzene rings is 1. The predicted molar refractivity (Wildman–Crippen MR) is 106 cm³/mol. The third kappa shape index (κ3) is 4.17. The van der Waals surface area contributed by atoms with Crippen LogP contribution in [-0.2, 0) is 19.1 Å². The summed E-state index contributed by atoms with van der Waals surface area (Å²) in [5.41, 5.74) is 2.03.